The largest absolute Gasteiger partial charge is 0.466 e. The number of hydrogen-bond donors (Lipinski definition) is 0. The molecule has 1 unspecified atom stereocenters. The Labute approximate surface area is 88.7 Å². The van der Waals surface area contributed by atoms with E-state index in [2.05, 4.69) is 0 Å². The van der Waals surface area contributed by atoms with E-state index in [4.69, 9.17) is 14.2 Å². The molecule has 1 fully saturated rings. The van der Waals surface area contributed by atoms with E-state index in [1.54, 1.807) is 6.92 Å². The lowest BCUT2D eigenvalue weighted by Crippen LogP contribution is -2.35. The Hall–Kier alpha value is -0.940. The molecule has 0 aliphatic carbocycles. The smallest absolute Gasteiger partial charge is 0.306 e. The van der Waals surface area contributed by atoms with Crippen molar-refractivity contribution in [2.24, 2.45) is 0 Å². The van der Waals surface area contributed by atoms with E-state index >= 15 is 0 Å². The van der Waals surface area contributed by atoms with Crippen LogP contribution in [0, 0.1) is 0 Å². The molecule has 1 heterocycles. The monoisotopic (exact) mass is 216 g/mol. The van der Waals surface area contributed by atoms with E-state index in [9.17, 15) is 9.59 Å². The van der Waals surface area contributed by atoms with Gasteiger partial charge < -0.3 is 14.2 Å². The molecular weight excluding hydrogens is 200 g/mol. The summed E-state index contributed by atoms with van der Waals surface area (Å²) in [6.45, 7) is 3.34. The predicted molar refractivity (Wildman–Crippen MR) is 51.4 cm³/mol. The molecule has 5 heteroatoms. The van der Waals surface area contributed by atoms with Gasteiger partial charge in [0, 0.05) is 6.42 Å². The minimum atomic E-state index is -0.506. The van der Waals surface area contributed by atoms with E-state index < -0.39 is 6.10 Å². The zero-order valence-corrected chi connectivity index (χ0v) is 8.86. The molecule has 0 N–H and O–H groups in total. The third-order valence-corrected chi connectivity index (χ3v) is 2.06. The summed E-state index contributed by atoms with van der Waals surface area (Å²) >= 11 is 0. The van der Waals surface area contributed by atoms with Gasteiger partial charge in [-0.3, -0.25) is 9.59 Å². The summed E-state index contributed by atoms with van der Waals surface area (Å²) in [5.74, 6) is -0.440. The molecule has 1 aliphatic rings. The van der Waals surface area contributed by atoms with Crippen molar-refractivity contribution in [2.45, 2.75) is 25.9 Å². The van der Waals surface area contributed by atoms with Gasteiger partial charge >= 0.3 is 5.97 Å². The lowest BCUT2D eigenvalue weighted by molar-refractivity contribution is -0.150. The molecule has 0 aromatic heterocycles. The standard InChI is InChI=1S/C10H16O5/c1-2-14-10(12)4-3-8(11)9-7-13-5-6-15-9/h9H,2-7H2,1H3. The molecule has 15 heavy (non-hydrogen) atoms. The van der Waals surface area contributed by atoms with Gasteiger partial charge in [-0.25, -0.2) is 0 Å². The summed E-state index contributed by atoms with van der Waals surface area (Å²) in [6.07, 6.45) is -0.229. The number of Topliss-reactive ketones (excluding diaryl/α,β-unsaturated/α-hetero) is 1. The summed E-state index contributed by atoms with van der Waals surface area (Å²) in [5, 5.41) is 0. The van der Waals surface area contributed by atoms with Gasteiger partial charge in [0.15, 0.2) is 5.78 Å². The Bertz CT molecular complexity index is 220. The second-order valence-electron chi connectivity index (χ2n) is 3.21. The van der Waals surface area contributed by atoms with Gasteiger partial charge in [-0.2, -0.15) is 0 Å². The minimum absolute atomic E-state index is 0.0947. The second-order valence-corrected chi connectivity index (χ2v) is 3.21. The van der Waals surface area contributed by atoms with Crippen molar-refractivity contribution >= 4 is 11.8 Å². The lowest BCUT2D eigenvalue weighted by atomic mass is 10.1. The van der Waals surface area contributed by atoms with Crippen molar-refractivity contribution < 1.29 is 23.8 Å². The first kappa shape index (κ1) is 12.1. The summed E-state index contributed by atoms with van der Waals surface area (Å²) in [7, 11) is 0. The highest BCUT2D eigenvalue weighted by atomic mass is 16.6. The highest BCUT2D eigenvalue weighted by Gasteiger charge is 2.22. The Kier molecular flexibility index (Phi) is 5.28. The number of ether oxygens (including phenoxy) is 3. The molecule has 0 amide bonds. The first-order valence-electron chi connectivity index (χ1n) is 5.11. The fourth-order valence-corrected chi connectivity index (χ4v) is 1.29. The predicted octanol–water partition coefficient (Wildman–Crippen LogP) is 0.314. The normalized spacial score (nSPS) is 21.0. The van der Waals surface area contributed by atoms with Gasteiger partial charge in [0.05, 0.1) is 32.8 Å². The quantitative estimate of drug-likeness (QED) is 0.619. The van der Waals surface area contributed by atoms with E-state index in [0.29, 0.717) is 26.4 Å². The van der Waals surface area contributed by atoms with Crippen LogP contribution in [0.3, 0.4) is 0 Å². The third-order valence-electron chi connectivity index (χ3n) is 2.06. The average Bonchev–Trinajstić information content (AvgIpc) is 2.27. The first-order valence-corrected chi connectivity index (χ1v) is 5.11. The molecule has 1 atom stereocenters. The molecule has 0 bridgehead atoms. The maximum atomic E-state index is 11.5. The molecule has 0 aromatic carbocycles. The fourth-order valence-electron chi connectivity index (χ4n) is 1.29. The van der Waals surface area contributed by atoms with Crippen molar-refractivity contribution in [3.63, 3.8) is 0 Å². The third kappa shape index (κ3) is 4.40. The van der Waals surface area contributed by atoms with Gasteiger partial charge in [-0.15, -0.1) is 0 Å². The number of esters is 1. The van der Waals surface area contributed by atoms with Gasteiger partial charge in [-0.1, -0.05) is 0 Å². The Morgan fingerprint density at radius 3 is 2.73 bits per heavy atom. The molecule has 86 valence electrons. The molecule has 1 aliphatic heterocycles. The van der Waals surface area contributed by atoms with Crippen LogP contribution in [0.15, 0.2) is 0 Å². The van der Waals surface area contributed by atoms with Crippen LogP contribution in [0.1, 0.15) is 19.8 Å². The molecular formula is C10H16O5. The van der Waals surface area contributed by atoms with E-state index in [1.165, 1.54) is 0 Å². The molecule has 1 saturated heterocycles. The van der Waals surface area contributed by atoms with Gasteiger partial charge in [0.25, 0.3) is 0 Å². The Balaban J connectivity index is 2.19. The zero-order valence-electron chi connectivity index (χ0n) is 8.86. The average molecular weight is 216 g/mol. The Morgan fingerprint density at radius 2 is 2.13 bits per heavy atom. The summed E-state index contributed by atoms with van der Waals surface area (Å²) in [4.78, 5) is 22.5. The molecule has 5 nitrogen and oxygen atoms in total. The molecule has 0 radical (unpaired) electrons. The van der Waals surface area contributed by atoms with Gasteiger partial charge in [-0.05, 0) is 6.92 Å². The van der Waals surface area contributed by atoms with Crippen molar-refractivity contribution in [3.05, 3.63) is 0 Å². The van der Waals surface area contributed by atoms with Crippen molar-refractivity contribution in [3.8, 4) is 0 Å². The molecule has 0 aromatic rings. The maximum Gasteiger partial charge on any atom is 0.306 e. The number of ketones is 1. The minimum Gasteiger partial charge on any atom is -0.466 e. The number of rotatable bonds is 5. The van der Waals surface area contributed by atoms with Crippen molar-refractivity contribution in [1.29, 1.82) is 0 Å². The highest BCUT2D eigenvalue weighted by molar-refractivity contribution is 5.86. The van der Waals surface area contributed by atoms with Crippen LogP contribution in [0.25, 0.3) is 0 Å². The van der Waals surface area contributed by atoms with Crippen LogP contribution in [0.2, 0.25) is 0 Å². The lowest BCUT2D eigenvalue weighted by Gasteiger charge is -2.21. The van der Waals surface area contributed by atoms with E-state index in [1.807, 2.05) is 0 Å². The molecule has 1 rings (SSSR count). The maximum absolute atomic E-state index is 11.5. The van der Waals surface area contributed by atoms with Crippen LogP contribution in [-0.4, -0.2) is 44.3 Å². The number of carbonyl (C=O) groups excluding carboxylic acids is 2. The Morgan fingerprint density at radius 1 is 1.33 bits per heavy atom. The van der Waals surface area contributed by atoms with Crippen LogP contribution in [-0.2, 0) is 23.8 Å². The topological polar surface area (TPSA) is 61.8 Å². The fraction of sp³-hybridized carbons (Fsp3) is 0.800. The van der Waals surface area contributed by atoms with Gasteiger partial charge in [0.2, 0.25) is 0 Å². The number of hydrogen-bond acceptors (Lipinski definition) is 5. The van der Waals surface area contributed by atoms with Crippen molar-refractivity contribution in [1.82, 2.24) is 0 Å². The van der Waals surface area contributed by atoms with Gasteiger partial charge in [0.1, 0.15) is 6.10 Å². The van der Waals surface area contributed by atoms with Crippen LogP contribution < -0.4 is 0 Å². The number of carbonyl (C=O) groups is 2. The highest BCUT2D eigenvalue weighted by Crippen LogP contribution is 2.06. The van der Waals surface area contributed by atoms with E-state index in [-0.39, 0.29) is 24.6 Å². The molecule has 0 spiro atoms. The van der Waals surface area contributed by atoms with Crippen LogP contribution >= 0.6 is 0 Å². The summed E-state index contributed by atoms with van der Waals surface area (Å²) in [5.41, 5.74) is 0. The molecule has 0 saturated carbocycles. The van der Waals surface area contributed by atoms with E-state index in [0.717, 1.165) is 0 Å². The SMILES string of the molecule is CCOC(=O)CCC(=O)C1COCCO1. The van der Waals surface area contributed by atoms with Crippen molar-refractivity contribution in [2.75, 3.05) is 26.4 Å². The van der Waals surface area contributed by atoms with Crippen LogP contribution in [0.4, 0.5) is 0 Å². The summed E-state index contributed by atoms with van der Waals surface area (Å²) in [6, 6.07) is 0. The first-order chi connectivity index (χ1) is 7.24. The zero-order chi connectivity index (χ0) is 11.1. The van der Waals surface area contributed by atoms with Crippen LogP contribution in [0.5, 0.6) is 0 Å². The summed E-state index contributed by atoms with van der Waals surface area (Å²) < 4.78 is 15.0. The second kappa shape index (κ2) is 6.53.